The Morgan fingerprint density at radius 1 is 1.39 bits per heavy atom. The summed E-state index contributed by atoms with van der Waals surface area (Å²) in [6, 6.07) is 7.44. The quantitative estimate of drug-likeness (QED) is 0.908. The number of thiophene rings is 1. The fraction of sp³-hybridized carbons (Fsp3) is 0.353. The number of hydrogen-bond donors (Lipinski definition) is 1. The summed E-state index contributed by atoms with van der Waals surface area (Å²) < 4.78 is 11.2. The van der Waals surface area contributed by atoms with E-state index in [1.807, 2.05) is 18.4 Å². The normalized spacial score (nSPS) is 14.9. The van der Waals surface area contributed by atoms with Crippen LogP contribution >= 0.6 is 22.9 Å². The first-order chi connectivity index (χ1) is 11.1. The Bertz CT molecular complexity index is 687. The highest BCUT2D eigenvalue weighted by molar-refractivity contribution is 7.09. The Balaban J connectivity index is 1.72. The van der Waals surface area contributed by atoms with E-state index in [9.17, 15) is 4.79 Å². The van der Waals surface area contributed by atoms with E-state index in [4.69, 9.17) is 21.1 Å². The molecule has 1 atom stereocenters. The summed E-state index contributed by atoms with van der Waals surface area (Å²) >= 11 is 7.92. The van der Waals surface area contributed by atoms with Crippen LogP contribution in [-0.4, -0.2) is 25.2 Å². The first-order valence-corrected chi connectivity index (χ1v) is 8.81. The van der Waals surface area contributed by atoms with E-state index in [0.717, 1.165) is 12.8 Å². The van der Waals surface area contributed by atoms with Gasteiger partial charge in [-0.15, -0.1) is 11.3 Å². The van der Waals surface area contributed by atoms with Crippen LogP contribution in [0.15, 0.2) is 29.6 Å². The lowest BCUT2D eigenvalue weighted by molar-refractivity contribution is 0.0939. The zero-order valence-electron chi connectivity index (χ0n) is 12.8. The number of halogens is 1. The molecule has 1 aromatic heterocycles. The molecule has 0 bridgehead atoms. The van der Waals surface area contributed by atoms with E-state index in [1.54, 1.807) is 23.5 Å². The molecule has 122 valence electrons. The van der Waals surface area contributed by atoms with Crippen LogP contribution in [0.4, 0.5) is 0 Å². The molecule has 1 N–H and O–H groups in total. The molecule has 23 heavy (non-hydrogen) atoms. The topological polar surface area (TPSA) is 47.6 Å². The van der Waals surface area contributed by atoms with E-state index in [-0.39, 0.29) is 11.9 Å². The summed E-state index contributed by atoms with van der Waals surface area (Å²) in [4.78, 5) is 13.7. The van der Waals surface area contributed by atoms with Gasteiger partial charge in [-0.2, -0.15) is 0 Å². The van der Waals surface area contributed by atoms with Crippen molar-refractivity contribution in [1.29, 1.82) is 0 Å². The predicted molar refractivity (Wildman–Crippen MR) is 92.0 cm³/mol. The molecule has 0 radical (unpaired) electrons. The number of nitrogens with one attached hydrogen (secondary N) is 1. The van der Waals surface area contributed by atoms with Crippen molar-refractivity contribution in [3.8, 4) is 11.5 Å². The van der Waals surface area contributed by atoms with Gasteiger partial charge in [-0.1, -0.05) is 17.7 Å². The minimum Gasteiger partial charge on any atom is -0.489 e. The first-order valence-electron chi connectivity index (χ1n) is 7.56. The molecule has 3 rings (SSSR count). The summed E-state index contributed by atoms with van der Waals surface area (Å²) in [5, 5.41) is 5.44. The molecule has 0 saturated carbocycles. The van der Waals surface area contributed by atoms with Crippen LogP contribution in [0.2, 0.25) is 5.02 Å². The van der Waals surface area contributed by atoms with Gasteiger partial charge in [-0.3, -0.25) is 4.79 Å². The molecular weight excluding hydrogens is 334 g/mol. The van der Waals surface area contributed by atoms with Crippen molar-refractivity contribution < 1.29 is 14.3 Å². The number of fused-ring (bicyclic) bond motifs is 1. The van der Waals surface area contributed by atoms with Crippen LogP contribution < -0.4 is 14.8 Å². The summed E-state index contributed by atoms with van der Waals surface area (Å²) in [6.07, 6.45) is 1.60. The Morgan fingerprint density at radius 3 is 3.00 bits per heavy atom. The third-order valence-electron chi connectivity index (χ3n) is 3.53. The van der Waals surface area contributed by atoms with Gasteiger partial charge in [0.15, 0.2) is 11.5 Å². The zero-order valence-corrected chi connectivity index (χ0v) is 14.4. The van der Waals surface area contributed by atoms with Gasteiger partial charge in [0, 0.05) is 29.3 Å². The molecule has 0 saturated heterocycles. The van der Waals surface area contributed by atoms with Gasteiger partial charge in [-0.25, -0.2) is 0 Å². The lowest BCUT2D eigenvalue weighted by Crippen LogP contribution is -2.33. The van der Waals surface area contributed by atoms with E-state index in [2.05, 4.69) is 11.4 Å². The Morgan fingerprint density at radius 2 is 2.22 bits per heavy atom. The third kappa shape index (κ3) is 3.98. The van der Waals surface area contributed by atoms with Gasteiger partial charge in [0.1, 0.15) is 0 Å². The fourth-order valence-corrected chi connectivity index (χ4v) is 3.55. The molecule has 2 aromatic rings. The average Bonchev–Trinajstić information content (AvgIpc) is 2.89. The molecule has 1 aromatic carbocycles. The van der Waals surface area contributed by atoms with Crippen molar-refractivity contribution in [1.82, 2.24) is 5.32 Å². The maximum atomic E-state index is 12.4. The maximum Gasteiger partial charge on any atom is 0.251 e. The van der Waals surface area contributed by atoms with Gasteiger partial charge in [0.2, 0.25) is 0 Å². The number of rotatable bonds is 4. The third-order valence-corrected chi connectivity index (χ3v) is 4.71. The molecule has 0 aliphatic carbocycles. The monoisotopic (exact) mass is 351 g/mol. The largest absolute Gasteiger partial charge is 0.489 e. The van der Waals surface area contributed by atoms with Gasteiger partial charge in [0.25, 0.3) is 5.91 Å². The number of benzene rings is 1. The summed E-state index contributed by atoms with van der Waals surface area (Å²) in [6.45, 7) is 3.11. The van der Waals surface area contributed by atoms with Crippen molar-refractivity contribution >= 4 is 28.8 Å². The van der Waals surface area contributed by atoms with Crippen molar-refractivity contribution in [3.63, 3.8) is 0 Å². The summed E-state index contributed by atoms with van der Waals surface area (Å²) in [7, 11) is 0. The van der Waals surface area contributed by atoms with Crippen LogP contribution in [0.25, 0.3) is 0 Å². The van der Waals surface area contributed by atoms with Gasteiger partial charge < -0.3 is 14.8 Å². The first kappa shape index (κ1) is 16.1. The second-order valence-corrected chi connectivity index (χ2v) is 6.93. The molecule has 6 heteroatoms. The summed E-state index contributed by atoms with van der Waals surface area (Å²) in [5.41, 5.74) is 0.484. The highest BCUT2D eigenvalue weighted by Gasteiger charge is 2.19. The van der Waals surface area contributed by atoms with Crippen LogP contribution in [0.5, 0.6) is 11.5 Å². The smallest absolute Gasteiger partial charge is 0.251 e. The van der Waals surface area contributed by atoms with Crippen LogP contribution in [0.1, 0.15) is 28.6 Å². The van der Waals surface area contributed by atoms with Gasteiger partial charge in [-0.05, 0) is 30.5 Å². The van der Waals surface area contributed by atoms with Crippen molar-refractivity contribution in [2.45, 2.75) is 25.8 Å². The molecule has 4 nitrogen and oxygen atoms in total. The Kier molecular flexibility index (Phi) is 5.08. The number of carbonyl (C=O) groups is 1. The van der Waals surface area contributed by atoms with E-state index >= 15 is 0 Å². The zero-order chi connectivity index (χ0) is 16.2. The summed E-state index contributed by atoms with van der Waals surface area (Å²) in [5.74, 6) is 0.894. The molecule has 1 unspecified atom stereocenters. The highest BCUT2D eigenvalue weighted by atomic mass is 35.5. The number of amides is 1. The van der Waals surface area contributed by atoms with Crippen molar-refractivity contribution in [2.75, 3.05) is 13.2 Å². The van der Waals surface area contributed by atoms with E-state index in [1.165, 1.54) is 4.88 Å². The van der Waals surface area contributed by atoms with E-state index in [0.29, 0.717) is 35.3 Å². The molecule has 1 aliphatic heterocycles. The standard InChI is InChI=1S/C17H18ClNO3S/c1-11(8-13-4-2-7-23-13)19-17(20)12-9-14(18)16-15(10-12)21-5-3-6-22-16/h2,4,7,9-11H,3,5-6,8H2,1H3,(H,19,20). The molecule has 0 spiro atoms. The second-order valence-electron chi connectivity index (χ2n) is 5.49. The molecule has 2 heterocycles. The fourth-order valence-electron chi connectivity index (χ4n) is 2.45. The van der Waals surface area contributed by atoms with Crippen molar-refractivity contribution in [2.24, 2.45) is 0 Å². The van der Waals surface area contributed by atoms with Crippen LogP contribution in [-0.2, 0) is 6.42 Å². The average molecular weight is 352 g/mol. The predicted octanol–water partition coefficient (Wildman–Crippen LogP) is 3.92. The molecule has 1 amide bonds. The maximum absolute atomic E-state index is 12.4. The minimum atomic E-state index is -0.161. The highest BCUT2D eigenvalue weighted by Crippen LogP contribution is 2.38. The number of hydrogen-bond acceptors (Lipinski definition) is 4. The lowest BCUT2D eigenvalue weighted by Gasteiger charge is -2.15. The Labute approximate surface area is 144 Å². The van der Waals surface area contributed by atoms with Crippen LogP contribution in [0, 0.1) is 0 Å². The SMILES string of the molecule is CC(Cc1cccs1)NC(=O)c1cc(Cl)c2c(c1)OCCCO2. The minimum absolute atomic E-state index is 0.0379. The van der Waals surface area contributed by atoms with E-state index < -0.39 is 0 Å². The number of ether oxygens (including phenoxy) is 2. The van der Waals surface area contributed by atoms with Gasteiger partial charge >= 0.3 is 0 Å². The van der Waals surface area contributed by atoms with Crippen LogP contribution in [0.3, 0.4) is 0 Å². The lowest BCUT2D eigenvalue weighted by atomic mass is 10.1. The Hall–Kier alpha value is -1.72. The van der Waals surface area contributed by atoms with Gasteiger partial charge in [0.05, 0.1) is 18.2 Å². The second kappa shape index (κ2) is 7.23. The number of carbonyl (C=O) groups excluding carboxylic acids is 1. The molecule has 1 aliphatic rings. The molecule has 0 fully saturated rings. The molecular formula is C17H18ClNO3S. The van der Waals surface area contributed by atoms with Crippen molar-refractivity contribution in [3.05, 3.63) is 45.1 Å².